The van der Waals surface area contributed by atoms with E-state index in [-0.39, 0.29) is 12.4 Å². The van der Waals surface area contributed by atoms with E-state index in [0.29, 0.717) is 22.4 Å². The number of methoxy groups -OCH3 is 1. The molecule has 3 aromatic rings. The van der Waals surface area contributed by atoms with Gasteiger partial charge < -0.3 is 24.5 Å². The molecule has 33 heavy (non-hydrogen) atoms. The lowest BCUT2D eigenvalue weighted by Crippen LogP contribution is -2.46. The summed E-state index contributed by atoms with van der Waals surface area (Å²) in [5, 5.41) is 14.0. The first-order valence-corrected chi connectivity index (χ1v) is 11.2. The van der Waals surface area contributed by atoms with Gasteiger partial charge in [0.15, 0.2) is 0 Å². The third-order valence-corrected chi connectivity index (χ3v) is 5.71. The van der Waals surface area contributed by atoms with Crippen molar-refractivity contribution in [3.8, 4) is 17.2 Å². The van der Waals surface area contributed by atoms with Gasteiger partial charge >= 0.3 is 12.0 Å². The summed E-state index contributed by atoms with van der Waals surface area (Å²) in [6.07, 6.45) is 0. The van der Waals surface area contributed by atoms with E-state index >= 15 is 0 Å². The maximum Gasteiger partial charge on any atom is 0.338 e. The summed E-state index contributed by atoms with van der Waals surface area (Å²) in [6, 6.07) is 15.5. The van der Waals surface area contributed by atoms with Crippen LogP contribution < -0.4 is 15.4 Å². The lowest BCUT2D eigenvalue weighted by molar-refractivity contribution is -0.139. The van der Waals surface area contributed by atoms with Crippen LogP contribution in [0.2, 0.25) is 0 Å². The average Bonchev–Trinajstić information content (AvgIpc) is 3.32. The van der Waals surface area contributed by atoms with E-state index in [1.54, 1.807) is 26.2 Å². The minimum absolute atomic E-state index is 0.215. The van der Waals surface area contributed by atoms with Crippen LogP contribution in [0.3, 0.4) is 0 Å². The number of carbonyl (C=O) groups excluding carboxylic acids is 2. The Morgan fingerprint density at radius 3 is 2.58 bits per heavy atom. The van der Waals surface area contributed by atoms with Gasteiger partial charge in [-0.3, -0.25) is 0 Å². The normalized spacial score (nSPS) is 15.6. The highest BCUT2D eigenvalue weighted by molar-refractivity contribution is 7.99. The smallest absolute Gasteiger partial charge is 0.338 e. The molecule has 1 aliphatic heterocycles. The Hall–Kier alpha value is -3.79. The monoisotopic (exact) mass is 466 g/mol. The Bertz CT molecular complexity index is 1160. The van der Waals surface area contributed by atoms with Crippen molar-refractivity contribution in [3.63, 3.8) is 0 Å². The number of esters is 1. The first-order valence-electron chi connectivity index (χ1n) is 10.2. The van der Waals surface area contributed by atoms with Gasteiger partial charge in [-0.15, -0.1) is 10.2 Å². The van der Waals surface area contributed by atoms with Crippen molar-refractivity contribution in [3.05, 3.63) is 71.4 Å². The van der Waals surface area contributed by atoms with Gasteiger partial charge in [-0.25, -0.2) is 9.59 Å². The van der Waals surface area contributed by atoms with Gasteiger partial charge in [0.05, 0.1) is 25.3 Å². The topological polar surface area (TPSA) is 116 Å². The molecule has 0 aliphatic carbocycles. The van der Waals surface area contributed by atoms with E-state index in [1.807, 2.05) is 42.5 Å². The molecule has 1 aromatic heterocycles. The van der Waals surface area contributed by atoms with Crippen molar-refractivity contribution in [2.45, 2.75) is 18.2 Å². The Morgan fingerprint density at radius 1 is 1.12 bits per heavy atom. The molecule has 0 bridgehead atoms. The molecule has 170 valence electrons. The number of nitrogens with zero attached hydrogens (tertiary/aromatic N) is 2. The largest absolute Gasteiger partial charge is 0.497 e. The predicted octanol–water partition coefficient (Wildman–Crippen LogP) is 3.71. The number of hydrogen-bond acceptors (Lipinski definition) is 8. The molecule has 0 saturated heterocycles. The van der Waals surface area contributed by atoms with Crippen LogP contribution in [0.5, 0.6) is 5.75 Å². The highest BCUT2D eigenvalue weighted by Gasteiger charge is 2.33. The van der Waals surface area contributed by atoms with Crippen LogP contribution in [0, 0.1) is 0 Å². The summed E-state index contributed by atoms with van der Waals surface area (Å²) in [5.74, 6) is 0.811. The van der Waals surface area contributed by atoms with E-state index in [9.17, 15) is 9.59 Å². The fourth-order valence-corrected chi connectivity index (χ4v) is 4.06. The summed E-state index contributed by atoms with van der Waals surface area (Å²) >= 11 is 1.22. The fraction of sp³-hybridized carbons (Fsp3) is 0.217. The third-order valence-electron chi connectivity index (χ3n) is 4.87. The average molecular weight is 467 g/mol. The predicted molar refractivity (Wildman–Crippen MR) is 122 cm³/mol. The van der Waals surface area contributed by atoms with E-state index in [0.717, 1.165) is 16.9 Å². The summed E-state index contributed by atoms with van der Waals surface area (Å²) in [4.78, 5) is 25.2. The number of hydrogen-bond donors (Lipinski definition) is 2. The van der Waals surface area contributed by atoms with Gasteiger partial charge in [0.2, 0.25) is 5.89 Å². The van der Waals surface area contributed by atoms with Gasteiger partial charge in [-0.1, -0.05) is 42.1 Å². The van der Waals surface area contributed by atoms with Crippen molar-refractivity contribution >= 4 is 23.8 Å². The van der Waals surface area contributed by atoms with Crippen molar-refractivity contribution in [1.82, 2.24) is 20.8 Å². The lowest BCUT2D eigenvalue weighted by atomic mass is 9.95. The van der Waals surface area contributed by atoms with Crippen LogP contribution in [0.1, 0.15) is 18.5 Å². The number of benzene rings is 2. The molecular formula is C23H22N4O5S. The fourth-order valence-electron chi connectivity index (χ4n) is 3.33. The SMILES string of the molecule is CCOC(=O)C1=C(CSc2nnc(-c3ccc(OC)cc3)o2)NC(=O)NC1c1ccccc1. The lowest BCUT2D eigenvalue weighted by Gasteiger charge is -2.29. The van der Waals surface area contributed by atoms with Crippen molar-refractivity contribution < 1.29 is 23.5 Å². The van der Waals surface area contributed by atoms with Gasteiger partial charge in [0.25, 0.3) is 5.22 Å². The molecule has 2 amide bonds. The first kappa shape index (κ1) is 22.4. The first-order chi connectivity index (χ1) is 16.1. The van der Waals surface area contributed by atoms with Crippen molar-refractivity contribution in [1.29, 1.82) is 0 Å². The highest BCUT2D eigenvalue weighted by Crippen LogP contribution is 2.31. The molecule has 2 aromatic carbocycles. The zero-order valence-corrected chi connectivity index (χ0v) is 18.8. The second-order valence-corrected chi connectivity index (χ2v) is 7.87. The van der Waals surface area contributed by atoms with Gasteiger partial charge in [-0.05, 0) is 36.8 Å². The zero-order chi connectivity index (χ0) is 23.2. The van der Waals surface area contributed by atoms with Crippen molar-refractivity contribution in [2.75, 3.05) is 19.5 Å². The number of carbonyl (C=O) groups is 2. The van der Waals surface area contributed by atoms with Crippen LogP contribution in [0.25, 0.3) is 11.5 Å². The molecule has 2 N–H and O–H groups in total. The molecule has 4 rings (SSSR count). The Kier molecular flexibility index (Phi) is 6.94. The number of amides is 2. The summed E-state index contributed by atoms with van der Waals surface area (Å²) < 4.78 is 16.2. The number of ether oxygens (including phenoxy) is 2. The van der Waals surface area contributed by atoms with E-state index in [4.69, 9.17) is 13.9 Å². The standard InChI is InChI=1S/C23H22N4O5S/c1-3-31-21(28)18-17(24-22(29)25-19(18)14-7-5-4-6-8-14)13-33-23-27-26-20(32-23)15-9-11-16(30-2)12-10-15/h4-12,19H,3,13H2,1-2H3,(H2,24,25,29). The number of urea groups is 1. The third kappa shape index (κ3) is 5.17. The zero-order valence-electron chi connectivity index (χ0n) is 18.0. The molecule has 1 aliphatic rings. The summed E-state index contributed by atoms with van der Waals surface area (Å²) in [5.41, 5.74) is 2.30. The molecule has 9 nitrogen and oxygen atoms in total. The van der Waals surface area contributed by atoms with E-state index in [1.165, 1.54) is 11.8 Å². The molecule has 0 saturated carbocycles. The minimum atomic E-state index is -0.632. The highest BCUT2D eigenvalue weighted by atomic mass is 32.2. The molecule has 2 heterocycles. The molecule has 1 atom stereocenters. The number of nitrogens with one attached hydrogen (secondary N) is 2. The number of rotatable bonds is 8. The minimum Gasteiger partial charge on any atom is -0.497 e. The molecule has 1 unspecified atom stereocenters. The van der Waals surface area contributed by atoms with Gasteiger partial charge in [0, 0.05) is 17.0 Å². The Labute approximate surface area is 194 Å². The number of aromatic nitrogens is 2. The van der Waals surface area contributed by atoms with Crippen LogP contribution in [0.4, 0.5) is 4.79 Å². The molecule has 0 spiro atoms. The van der Waals surface area contributed by atoms with Crippen LogP contribution in [-0.2, 0) is 9.53 Å². The second kappa shape index (κ2) is 10.2. The second-order valence-electron chi connectivity index (χ2n) is 6.95. The molecular weight excluding hydrogens is 444 g/mol. The summed E-state index contributed by atoms with van der Waals surface area (Å²) in [7, 11) is 1.59. The van der Waals surface area contributed by atoms with Crippen LogP contribution >= 0.6 is 11.8 Å². The van der Waals surface area contributed by atoms with Crippen LogP contribution in [-0.4, -0.2) is 41.7 Å². The van der Waals surface area contributed by atoms with Crippen molar-refractivity contribution in [2.24, 2.45) is 0 Å². The Balaban J connectivity index is 1.58. The van der Waals surface area contributed by atoms with E-state index in [2.05, 4.69) is 20.8 Å². The van der Waals surface area contributed by atoms with Crippen LogP contribution in [0.15, 0.2) is 75.5 Å². The van der Waals surface area contributed by atoms with Gasteiger partial charge in [0.1, 0.15) is 5.75 Å². The maximum atomic E-state index is 12.8. The maximum absolute atomic E-state index is 12.8. The molecule has 10 heteroatoms. The summed E-state index contributed by atoms with van der Waals surface area (Å²) in [6.45, 7) is 1.95. The van der Waals surface area contributed by atoms with E-state index < -0.39 is 18.0 Å². The Morgan fingerprint density at radius 2 is 1.88 bits per heavy atom. The van der Waals surface area contributed by atoms with Gasteiger partial charge in [-0.2, -0.15) is 0 Å². The molecule has 0 fully saturated rings. The number of thioether (sulfide) groups is 1. The molecule has 0 radical (unpaired) electrons. The quantitative estimate of drug-likeness (QED) is 0.381.